The third-order valence-corrected chi connectivity index (χ3v) is 4.42. The van der Waals surface area contributed by atoms with Gasteiger partial charge in [-0.15, -0.1) is 0 Å². The summed E-state index contributed by atoms with van der Waals surface area (Å²) in [4.78, 5) is 33.9. The molecule has 31 heavy (non-hydrogen) atoms. The second-order valence-corrected chi connectivity index (χ2v) is 6.75. The van der Waals surface area contributed by atoms with Gasteiger partial charge in [0.05, 0.1) is 23.0 Å². The fourth-order valence-corrected chi connectivity index (χ4v) is 2.89. The number of aromatic nitrogens is 4. The van der Waals surface area contributed by atoms with Crippen LogP contribution in [0.1, 0.15) is 16.1 Å². The molecule has 0 bridgehead atoms. The number of alkyl halides is 3. The number of nitrogens with one attached hydrogen (secondary N) is 1. The summed E-state index contributed by atoms with van der Waals surface area (Å²) < 4.78 is 59.3. The van der Waals surface area contributed by atoms with Gasteiger partial charge >= 0.3 is 6.18 Å². The number of fused-ring (bicyclic) bond motifs is 1. The Labute approximate surface area is 170 Å². The highest BCUT2D eigenvalue weighted by Crippen LogP contribution is 2.32. The molecule has 1 amide bonds. The molecule has 0 unspecified atom stereocenters. The van der Waals surface area contributed by atoms with Crippen LogP contribution in [0.3, 0.4) is 0 Å². The van der Waals surface area contributed by atoms with Crippen LogP contribution in [0.5, 0.6) is 0 Å². The van der Waals surface area contributed by atoms with Crippen molar-refractivity contribution in [2.24, 2.45) is 0 Å². The number of carbonyl (C=O) groups excluding carboxylic acids is 1. The Kier molecular flexibility index (Phi) is 4.64. The molecule has 160 valence electrons. The number of oxazole rings is 1. The molecule has 1 aromatic carbocycles. The van der Waals surface area contributed by atoms with Gasteiger partial charge in [-0.05, 0) is 18.2 Å². The van der Waals surface area contributed by atoms with Gasteiger partial charge in [-0.2, -0.15) is 13.2 Å². The summed E-state index contributed by atoms with van der Waals surface area (Å²) >= 11 is 0. The van der Waals surface area contributed by atoms with E-state index in [-0.39, 0.29) is 34.1 Å². The van der Waals surface area contributed by atoms with Crippen LogP contribution in [0.2, 0.25) is 0 Å². The summed E-state index contributed by atoms with van der Waals surface area (Å²) in [6.45, 7) is 0. The van der Waals surface area contributed by atoms with Crippen LogP contribution in [0.25, 0.3) is 28.4 Å². The first-order chi connectivity index (χ1) is 14.6. The minimum absolute atomic E-state index is 0.00694. The van der Waals surface area contributed by atoms with E-state index in [1.54, 1.807) is 0 Å². The Morgan fingerprint density at radius 3 is 2.58 bits per heavy atom. The average molecular weight is 435 g/mol. The van der Waals surface area contributed by atoms with Crippen molar-refractivity contribution in [3.63, 3.8) is 0 Å². The van der Waals surface area contributed by atoms with Gasteiger partial charge in [-0.1, -0.05) is 0 Å². The fraction of sp³-hybridized carbons (Fsp3) is 0.158. The van der Waals surface area contributed by atoms with Gasteiger partial charge in [0.15, 0.2) is 5.65 Å². The standard InChI is InChI=1S/C19H13F4N5O3/c1-27(2)18(30)14-8-24-17(31-14)11-7-25-28-15(29)6-13(26-16(11)28)10-4-3-9(5-12(10)20)19(21,22)23/h3-8,25H,1-2H3. The maximum Gasteiger partial charge on any atom is 0.416 e. The number of benzene rings is 1. The van der Waals surface area contributed by atoms with Crippen LogP contribution in [0.15, 0.2) is 45.9 Å². The van der Waals surface area contributed by atoms with Crippen LogP contribution in [-0.2, 0) is 6.18 Å². The number of hydrogen-bond acceptors (Lipinski definition) is 5. The smallest absolute Gasteiger partial charge is 0.416 e. The molecule has 1 N–H and O–H groups in total. The van der Waals surface area contributed by atoms with Crippen molar-refractivity contribution >= 4 is 11.6 Å². The van der Waals surface area contributed by atoms with Gasteiger partial charge < -0.3 is 9.32 Å². The molecule has 4 aromatic rings. The third kappa shape index (κ3) is 3.56. The van der Waals surface area contributed by atoms with Crippen molar-refractivity contribution in [2.75, 3.05) is 14.1 Å². The summed E-state index contributed by atoms with van der Waals surface area (Å²) in [6.07, 6.45) is -2.15. The third-order valence-electron chi connectivity index (χ3n) is 4.42. The van der Waals surface area contributed by atoms with E-state index in [1.165, 1.54) is 31.4 Å². The molecule has 3 heterocycles. The summed E-state index contributed by atoms with van der Waals surface area (Å²) in [5.74, 6) is -1.69. The number of hydrogen-bond donors (Lipinski definition) is 1. The lowest BCUT2D eigenvalue weighted by atomic mass is 10.1. The van der Waals surface area contributed by atoms with E-state index in [2.05, 4.69) is 15.1 Å². The summed E-state index contributed by atoms with van der Waals surface area (Å²) in [5.41, 5.74) is -2.06. The van der Waals surface area contributed by atoms with Crippen molar-refractivity contribution in [1.29, 1.82) is 0 Å². The second-order valence-electron chi connectivity index (χ2n) is 6.75. The van der Waals surface area contributed by atoms with E-state index >= 15 is 0 Å². The van der Waals surface area contributed by atoms with Gasteiger partial charge in [-0.25, -0.2) is 18.9 Å². The topological polar surface area (TPSA) is 96.5 Å². The van der Waals surface area contributed by atoms with E-state index in [4.69, 9.17) is 4.42 Å². The molecular weight excluding hydrogens is 422 g/mol. The summed E-state index contributed by atoms with van der Waals surface area (Å²) in [5, 5.41) is 2.64. The average Bonchev–Trinajstić information content (AvgIpc) is 3.33. The lowest BCUT2D eigenvalue weighted by molar-refractivity contribution is -0.137. The Balaban J connectivity index is 1.83. The SMILES string of the molecule is CN(C)C(=O)c1cnc(-c2c[nH]n3c(=O)cc(-c4ccc(C(F)(F)F)cc4F)nc23)o1. The Hall–Kier alpha value is -3.96. The highest BCUT2D eigenvalue weighted by Gasteiger charge is 2.31. The normalized spacial score (nSPS) is 11.8. The number of nitrogens with zero attached hydrogens (tertiary/aromatic N) is 4. The maximum atomic E-state index is 14.4. The molecule has 0 spiro atoms. The van der Waals surface area contributed by atoms with Crippen LogP contribution < -0.4 is 5.56 Å². The minimum Gasteiger partial charge on any atom is -0.431 e. The highest BCUT2D eigenvalue weighted by atomic mass is 19.4. The number of aromatic amines is 1. The number of carbonyl (C=O) groups is 1. The predicted octanol–water partition coefficient (Wildman–Crippen LogP) is 3.20. The Morgan fingerprint density at radius 2 is 1.94 bits per heavy atom. The van der Waals surface area contributed by atoms with Crippen LogP contribution in [0.4, 0.5) is 17.6 Å². The first-order valence-electron chi connectivity index (χ1n) is 8.72. The van der Waals surface area contributed by atoms with Crippen molar-refractivity contribution in [3.8, 4) is 22.7 Å². The number of rotatable bonds is 3. The molecular formula is C19H13F4N5O3. The number of H-pyrrole nitrogens is 1. The summed E-state index contributed by atoms with van der Waals surface area (Å²) in [6, 6.07) is 2.93. The molecule has 4 rings (SSSR count). The monoisotopic (exact) mass is 435 g/mol. The van der Waals surface area contributed by atoms with Crippen molar-refractivity contribution in [2.45, 2.75) is 6.18 Å². The molecule has 0 radical (unpaired) electrons. The highest BCUT2D eigenvalue weighted by molar-refractivity contribution is 5.91. The van der Waals surface area contributed by atoms with E-state index in [1.807, 2.05) is 0 Å². The Bertz CT molecular complexity index is 1370. The molecule has 3 aromatic heterocycles. The van der Waals surface area contributed by atoms with E-state index < -0.39 is 29.0 Å². The molecule has 0 aliphatic carbocycles. The lowest BCUT2D eigenvalue weighted by Gasteiger charge is -2.09. The molecule has 0 saturated heterocycles. The molecule has 0 aliphatic rings. The molecule has 0 atom stereocenters. The van der Waals surface area contributed by atoms with E-state index in [9.17, 15) is 27.2 Å². The summed E-state index contributed by atoms with van der Waals surface area (Å²) in [7, 11) is 3.06. The fourth-order valence-electron chi connectivity index (χ4n) is 2.89. The van der Waals surface area contributed by atoms with Crippen molar-refractivity contribution < 1.29 is 26.8 Å². The lowest BCUT2D eigenvalue weighted by Crippen LogP contribution is -2.20. The van der Waals surface area contributed by atoms with Gasteiger partial charge in [-0.3, -0.25) is 14.7 Å². The minimum atomic E-state index is -4.71. The van der Waals surface area contributed by atoms with Crippen LogP contribution >= 0.6 is 0 Å². The van der Waals surface area contributed by atoms with E-state index in [0.29, 0.717) is 12.1 Å². The first-order valence-corrected chi connectivity index (χ1v) is 8.72. The quantitative estimate of drug-likeness (QED) is 0.499. The molecule has 8 nitrogen and oxygen atoms in total. The van der Waals surface area contributed by atoms with Gasteiger partial charge in [0.2, 0.25) is 11.7 Å². The van der Waals surface area contributed by atoms with E-state index in [0.717, 1.165) is 16.6 Å². The van der Waals surface area contributed by atoms with Gasteiger partial charge in [0.1, 0.15) is 5.82 Å². The first kappa shape index (κ1) is 20.3. The largest absolute Gasteiger partial charge is 0.431 e. The van der Waals surface area contributed by atoms with Crippen molar-refractivity contribution in [1.82, 2.24) is 24.5 Å². The molecule has 12 heteroatoms. The molecule has 0 fully saturated rings. The van der Waals surface area contributed by atoms with Crippen LogP contribution in [0, 0.1) is 5.82 Å². The molecule has 0 aliphatic heterocycles. The molecule has 0 saturated carbocycles. The second kappa shape index (κ2) is 7.07. The zero-order chi connectivity index (χ0) is 22.5. The number of halogens is 4. The van der Waals surface area contributed by atoms with Gasteiger partial charge in [0.25, 0.3) is 11.5 Å². The maximum absolute atomic E-state index is 14.4. The zero-order valence-electron chi connectivity index (χ0n) is 16.0. The number of amides is 1. The zero-order valence-corrected chi connectivity index (χ0v) is 16.0. The van der Waals surface area contributed by atoms with Crippen molar-refractivity contribution in [3.05, 3.63) is 64.2 Å². The Morgan fingerprint density at radius 1 is 1.19 bits per heavy atom. The predicted molar refractivity (Wildman–Crippen MR) is 99.7 cm³/mol. The van der Waals surface area contributed by atoms with Crippen LogP contribution in [-0.4, -0.2) is 44.5 Å². The van der Waals surface area contributed by atoms with Gasteiger partial charge in [0, 0.05) is 31.9 Å².